The Bertz CT molecular complexity index is 310. The molecule has 1 aromatic rings. The van der Waals surface area contributed by atoms with Gasteiger partial charge in [-0.1, -0.05) is 30.3 Å². The summed E-state index contributed by atoms with van der Waals surface area (Å²) in [5.74, 6) is 0. The number of benzene rings is 1. The highest BCUT2D eigenvalue weighted by molar-refractivity contribution is 5.69. The topological polar surface area (TPSA) is 38.3 Å². The summed E-state index contributed by atoms with van der Waals surface area (Å²) in [4.78, 5) is 10.7. The molecule has 1 aromatic carbocycles. The van der Waals surface area contributed by atoms with Gasteiger partial charge in [-0.15, -0.1) is 0 Å². The molecule has 1 aliphatic rings. The minimum Gasteiger partial charge on any atom is -0.447 e. The lowest BCUT2D eigenvalue weighted by Crippen LogP contribution is -2.26. The van der Waals surface area contributed by atoms with Crippen molar-refractivity contribution in [2.45, 2.75) is 18.9 Å². The first kappa shape index (κ1) is 9.06. The summed E-state index contributed by atoms with van der Waals surface area (Å²) < 4.78 is 4.80. The zero-order chi connectivity index (χ0) is 9.80. The number of cyclic esters (lactones) is 1. The summed E-state index contributed by atoms with van der Waals surface area (Å²) in [6.07, 6.45) is 1.63. The number of aryl methyl sites for hydroxylation is 1. The first-order chi connectivity index (χ1) is 6.84. The van der Waals surface area contributed by atoms with Gasteiger partial charge >= 0.3 is 6.09 Å². The largest absolute Gasteiger partial charge is 0.447 e. The second-order valence-corrected chi connectivity index (χ2v) is 3.46. The Kier molecular flexibility index (Phi) is 2.68. The number of alkyl carbamates (subject to hydrolysis) is 1. The zero-order valence-corrected chi connectivity index (χ0v) is 7.90. The Morgan fingerprint density at radius 2 is 2.14 bits per heavy atom. The van der Waals surface area contributed by atoms with E-state index >= 15 is 0 Å². The third-order valence-corrected chi connectivity index (χ3v) is 2.36. The number of carbonyl (C=O) groups is 1. The molecular formula is C11H13NO2. The lowest BCUT2D eigenvalue weighted by molar-refractivity contribution is 0.176. The molecule has 1 saturated heterocycles. The van der Waals surface area contributed by atoms with Crippen LogP contribution in [0.5, 0.6) is 0 Å². The van der Waals surface area contributed by atoms with Crippen LogP contribution in [0.25, 0.3) is 0 Å². The highest BCUT2D eigenvalue weighted by Crippen LogP contribution is 2.08. The van der Waals surface area contributed by atoms with Gasteiger partial charge in [-0.3, -0.25) is 0 Å². The molecule has 0 saturated carbocycles. The third-order valence-electron chi connectivity index (χ3n) is 2.36. The molecule has 0 aliphatic carbocycles. The Balaban J connectivity index is 1.80. The van der Waals surface area contributed by atoms with Crippen LogP contribution in [0.2, 0.25) is 0 Å². The van der Waals surface area contributed by atoms with Crippen LogP contribution < -0.4 is 5.32 Å². The predicted octanol–water partition coefficient (Wildman–Crippen LogP) is 1.73. The van der Waals surface area contributed by atoms with E-state index in [0.717, 1.165) is 12.8 Å². The molecule has 1 N–H and O–H groups in total. The monoisotopic (exact) mass is 191 g/mol. The molecule has 0 radical (unpaired) electrons. The minimum absolute atomic E-state index is 0.183. The number of hydrogen-bond acceptors (Lipinski definition) is 2. The number of hydrogen-bond donors (Lipinski definition) is 1. The van der Waals surface area contributed by atoms with E-state index in [1.165, 1.54) is 5.56 Å². The quantitative estimate of drug-likeness (QED) is 0.790. The Labute approximate surface area is 83.1 Å². The van der Waals surface area contributed by atoms with E-state index < -0.39 is 0 Å². The lowest BCUT2D eigenvalue weighted by Gasteiger charge is -2.06. The number of amides is 1. The fourth-order valence-corrected chi connectivity index (χ4v) is 1.57. The molecule has 3 nitrogen and oxygen atoms in total. The third kappa shape index (κ3) is 2.25. The fourth-order valence-electron chi connectivity index (χ4n) is 1.57. The molecule has 74 valence electrons. The van der Waals surface area contributed by atoms with Gasteiger partial charge in [-0.05, 0) is 18.4 Å². The van der Waals surface area contributed by atoms with E-state index in [4.69, 9.17) is 4.74 Å². The van der Waals surface area contributed by atoms with Crippen molar-refractivity contribution < 1.29 is 9.53 Å². The highest BCUT2D eigenvalue weighted by Gasteiger charge is 2.21. The van der Waals surface area contributed by atoms with Crippen LogP contribution in [0.1, 0.15) is 12.0 Å². The van der Waals surface area contributed by atoms with Crippen LogP contribution in [0, 0.1) is 0 Å². The van der Waals surface area contributed by atoms with Gasteiger partial charge in [-0.25, -0.2) is 4.79 Å². The predicted molar refractivity (Wildman–Crippen MR) is 53.0 cm³/mol. The van der Waals surface area contributed by atoms with Crippen molar-refractivity contribution in [2.75, 3.05) is 6.61 Å². The number of nitrogens with one attached hydrogen (secondary N) is 1. The van der Waals surface area contributed by atoms with Crippen molar-refractivity contribution in [1.82, 2.24) is 5.32 Å². The zero-order valence-electron chi connectivity index (χ0n) is 7.90. The average molecular weight is 191 g/mol. The number of ether oxygens (including phenoxy) is 1. The van der Waals surface area contributed by atoms with Crippen molar-refractivity contribution >= 4 is 6.09 Å². The maximum atomic E-state index is 10.7. The molecule has 1 heterocycles. The van der Waals surface area contributed by atoms with Crippen LogP contribution >= 0.6 is 0 Å². The Hall–Kier alpha value is -1.51. The molecule has 0 bridgehead atoms. The van der Waals surface area contributed by atoms with Gasteiger partial charge < -0.3 is 10.1 Å². The number of carbonyl (C=O) groups excluding carboxylic acids is 1. The minimum atomic E-state index is -0.289. The summed E-state index contributed by atoms with van der Waals surface area (Å²) in [5, 5.41) is 2.76. The van der Waals surface area contributed by atoms with Crippen molar-refractivity contribution in [1.29, 1.82) is 0 Å². The van der Waals surface area contributed by atoms with Crippen molar-refractivity contribution in [3.8, 4) is 0 Å². The summed E-state index contributed by atoms with van der Waals surface area (Å²) in [6, 6.07) is 10.4. The van der Waals surface area contributed by atoms with Gasteiger partial charge in [0, 0.05) is 0 Å². The van der Waals surface area contributed by atoms with Gasteiger partial charge in [0.05, 0.1) is 6.04 Å². The molecule has 2 rings (SSSR count). The highest BCUT2D eigenvalue weighted by atomic mass is 16.6. The van der Waals surface area contributed by atoms with E-state index in [1.807, 2.05) is 18.2 Å². The van der Waals surface area contributed by atoms with E-state index in [0.29, 0.717) is 6.61 Å². The smallest absolute Gasteiger partial charge is 0.407 e. The number of rotatable bonds is 3. The van der Waals surface area contributed by atoms with Crippen LogP contribution in [-0.2, 0) is 11.2 Å². The summed E-state index contributed by atoms with van der Waals surface area (Å²) in [5.41, 5.74) is 1.30. The molecule has 3 heteroatoms. The normalized spacial score (nSPS) is 20.3. The molecule has 1 fully saturated rings. The van der Waals surface area contributed by atoms with Crippen LogP contribution in [0.15, 0.2) is 30.3 Å². The van der Waals surface area contributed by atoms with Crippen LogP contribution in [0.3, 0.4) is 0 Å². The summed E-state index contributed by atoms with van der Waals surface area (Å²) in [6.45, 7) is 0.506. The fraction of sp³-hybridized carbons (Fsp3) is 0.364. The molecule has 1 amide bonds. The standard InChI is InChI=1S/C11H13NO2/c13-11-12-10(8-14-11)7-6-9-4-2-1-3-5-9/h1-5,10H,6-8H2,(H,12,13). The second-order valence-electron chi connectivity index (χ2n) is 3.46. The second kappa shape index (κ2) is 4.13. The molecular weight excluding hydrogens is 178 g/mol. The van der Waals surface area contributed by atoms with Gasteiger partial charge in [-0.2, -0.15) is 0 Å². The molecule has 0 aromatic heterocycles. The van der Waals surface area contributed by atoms with E-state index in [-0.39, 0.29) is 12.1 Å². The summed E-state index contributed by atoms with van der Waals surface area (Å²) >= 11 is 0. The summed E-state index contributed by atoms with van der Waals surface area (Å²) in [7, 11) is 0. The van der Waals surface area contributed by atoms with Crippen molar-refractivity contribution in [3.63, 3.8) is 0 Å². The first-order valence-electron chi connectivity index (χ1n) is 4.82. The molecule has 1 unspecified atom stereocenters. The maximum absolute atomic E-state index is 10.7. The first-order valence-corrected chi connectivity index (χ1v) is 4.82. The van der Waals surface area contributed by atoms with Crippen molar-refractivity contribution in [2.24, 2.45) is 0 Å². The molecule has 1 aliphatic heterocycles. The molecule has 14 heavy (non-hydrogen) atoms. The van der Waals surface area contributed by atoms with Gasteiger partial charge in [0.25, 0.3) is 0 Å². The van der Waals surface area contributed by atoms with Gasteiger partial charge in [0.1, 0.15) is 6.61 Å². The lowest BCUT2D eigenvalue weighted by atomic mass is 10.1. The maximum Gasteiger partial charge on any atom is 0.407 e. The Morgan fingerprint density at radius 1 is 1.36 bits per heavy atom. The van der Waals surface area contributed by atoms with E-state index in [2.05, 4.69) is 17.4 Å². The van der Waals surface area contributed by atoms with Crippen LogP contribution in [0.4, 0.5) is 4.79 Å². The van der Waals surface area contributed by atoms with E-state index in [9.17, 15) is 4.79 Å². The SMILES string of the molecule is O=C1NC(CCc2ccccc2)CO1. The molecule has 1 atom stereocenters. The van der Waals surface area contributed by atoms with E-state index in [1.54, 1.807) is 0 Å². The Morgan fingerprint density at radius 3 is 2.79 bits per heavy atom. The van der Waals surface area contributed by atoms with Crippen molar-refractivity contribution in [3.05, 3.63) is 35.9 Å². The molecule has 0 spiro atoms. The van der Waals surface area contributed by atoms with Crippen LogP contribution in [-0.4, -0.2) is 18.7 Å². The average Bonchev–Trinajstić information content (AvgIpc) is 2.63. The van der Waals surface area contributed by atoms with Gasteiger partial charge in [0.2, 0.25) is 0 Å². The van der Waals surface area contributed by atoms with Gasteiger partial charge in [0.15, 0.2) is 0 Å².